The fraction of sp³-hybridized carbons (Fsp3) is 0.765. The van der Waals surface area contributed by atoms with E-state index in [-0.39, 0.29) is 23.3 Å². The summed E-state index contributed by atoms with van der Waals surface area (Å²) in [5.74, 6) is 0. The maximum Gasteiger partial charge on any atom is 0.101 e. The molecule has 0 radical (unpaired) electrons. The largest absolute Gasteiger partial charge is 0.393 e. The molecule has 0 aromatic rings. The van der Waals surface area contributed by atoms with Gasteiger partial charge in [-0.2, -0.15) is 5.06 Å². The van der Waals surface area contributed by atoms with E-state index in [0.29, 0.717) is 0 Å². The van der Waals surface area contributed by atoms with E-state index in [4.69, 9.17) is 4.84 Å². The number of allylic oxidation sites excluding steroid dienone is 2. The van der Waals surface area contributed by atoms with Crippen LogP contribution in [-0.2, 0) is 4.84 Å². The molecule has 20 heavy (non-hydrogen) atoms. The first-order valence-corrected chi connectivity index (χ1v) is 7.78. The summed E-state index contributed by atoms with van der Waals surface area (Å²) in [6, 6.07) is 0. The molecule has 1 aliphatic carbocycles. The molecule has 3 nitrogen and oxygen atoms in total. The van der Waals surface area contributed by atoms with E-state index < -0.39 is 0 Å². The molecule has 114 valence electrons. The summed E-state index contributed by atoms with van der Waals surface area (Å²) in [5.41, 5.74) is -0.303. The molecule has 0 spiro atoms. The van der Waals surface area contributed by atoms with E-state index in [1.165, 1.54) is 0 Å². The second-order valence-corrected chi connectivity index (χ2v) is 7.34. The maximum atomic E-state index is 10.1. The summed E-state index contributed by atoms with van der Waals surface area (Å²) in [5, 5.41) is 12.2. The molecule has 1 fully saturated rings. The van der Waals surface area contributed by atoms with Gasteiger partial charge in [0, 0.05) is 11.1 Å². The van der Waals surface area contributed by atoms with Crippen LogP contribution in [0.1, 0.15) is 59.8 Å². The monoisotopic (exact) mass is 279 g/mol. The standard InChI is InChI=1S/C17H29NO2/c1-16(2)12-14(19)13-17(3,4)18(16)20-15-10-8-6-5-7-9-11-15/h6,8-9,11,14-15,19H,5,7,10,12-13H2,1-4H3/b8-6-,11-9-. The first kappa shape index (κ1) is 15.7. The summed E-state index contributed by atoms with van der Waals surface area (Å²) in [6.45, 7) is 8.61. The van der Waals surface area contributed by atoms with Crippen LogP contribution in [0.4, 0.5) is 0 Å². The lowest BCUT2D eigenvalue weighted by Crippen LogP contribution is -2.62. The van der Waals surface area contributed by atoms with Gasteiger partial charge in [0.05, 0.1) is 6.10 Å². The van der Waals surface area contributed by atoms with Gasteiger partial charge in [0.15, 0.2) is 0 Å². The third kappa shape index (κ3) is 3.72. The van der Waals surface area contributed by atoms with Crippen molar-refractivity contribution in [3.05, 3.63) is 24.3 Å². The summed E-state index contributed by atoms with van der Waals surface area (Å²) in [6.07, 6.45) is 13.3. The highest BCUT2D eigenvalue weighted by atomic mass is 16.7. The van der Waals surface area contributed by atoms with Gasteiger partial charge in [0.25, 0.3) is 0 Å². The Morgan fingerprint density at radius 3 is 2.25 bits per heavy atom. The van der Waals surface area contributed by atoms with Gasteiger partial charge in [-0.1, -0.05) is 24.3 Å². The number of hydrogen-bond donors (Lipinski definition) is 1. The molecule has 0 amide bonds. The minimum Gasteiger partial charge on any atom is -0.393 e. The SMILES string of the molecule is CC1(C)CC(O)CC(C)(C)N1OC1/C=C\CC/C=C\C1. The lowest BCUT2D eigenvalue weighted by atomic mass is 9.80. The van der Waals surface area contributed by atoms with Crippen LogP contribution in [0, 0.1) is 0 Å². The fourth-order valence-electron chi connectivity index (χ4n) is 3.58. The molecule has 2 aliphatic rings. The second-order valence-electron chi connectivity index (χ2n) is 7.34. The van der Waals surface area contributed by atoms with Crippen molar-refractivity contribution in [3.63, 3.8) is 0 Å². The first-order chi connectivity index (χ1) is 9.31. The molecule has 1 atom stereocenters. The topological polar surface area (TPSA) is 32.7 Å². The van der Waals surface area contributed by atoms with Gasteiger partial charge in [-0.3, -0.25) is 4.84 Å². The van der Waals surface area contributed by atoms with Gasteiger partial charge in [-0.25, -0.2) is 0 Å². The molecule has 1 aliphatic heterocycles. The van der Waals surface area contributed by atoms with Crippen LogP contribution >= 0.6 is 0 Å². The lowest BCUT2D eigenvalue weighted by molar-refractivity contribution is -0.305. The molecule has 3 heteroatoms. The zero-order valence-electron chi connectivity index (χ0n) is 13.3. The number of hydroxylamine groups is 2. The molecule has 0 aromatic heterocycles. The van der Waals surface area contributed by atoms with Crippen molar-refractivity contribution in [2.75, 3.05) is 0 Å². The predicted octanol–water partition coefficient (Wildman–Crippen LogP) is 3.60. The van der Waals surface area contributed by atoms with Gasteiger partial charge in [0.1, 0.15) is 6.10 Å². The zero-order valence-corrected chi connectivity index (χ0v) is 13.3. The van der Waals surface area contributed by atoms with E-state index in [9.17, 15) is 5.11 Å². The van der Waals surface area contributed by atoms with Gasteiger partial charge in [-0.15, -0.1) is 0 Å². The molecular formula is C17H29NO2. The Morgan fingerprint density at radius 2 is 1.60 bits per heavy atom. The van der Waals surface area contributed by atoms with Crippen molar-refractivity contribution >= 4 is 0 Å². The average molecular weight is 279 g/mol. The Bertz CT molecular complexity index is 366. The number of hydrogen-bond acceptors (Lipinski definition) is 3. The number of rotatable bonds is 2. The van der Waals surface area contributed by atoms with Crippen LogP contribution in [-0.4, -0.2) is 33.5 Å². The minimum atomic E-state index is -0.243. The molecular weight excluding hydrogens is 250 g/mol. The van der Waals surface area contributed by atoms with Crippen molar-refractivity contribution in [2.45, 2.75) is 83.1 Å². The molecule has 1 unspecified atom stereocenters. The van der Waals surface area contributed by atoms with E-state index in [0.717, 1.165) is 32.1 Å². The van der Waals surface area contributed by atoms with Crippen LogP contribution in [0.25, 0.3) is 0 Å². The number of aliphatic hydroxyl groups excluding tert-OH is 1. The second kappa shape index (κ2) is 6.00. The van der Waals surface area contributed by atoms with Crippen molar-refractivity contribution < 1.29 is 9.94 Å². The molecule has 1 saturated heterocycles. The van der Waals surface area contributed by atoms with Crippen LogP contribution in [0.3, 0.4) is 0 Å². The van der Waals surface area contributed by atoms with Crippen LogP contribution < -0.4 is 0 Å². The van der Waals surface area contributed by atoms with Crippen molar-refractivity contribution in [3.8, 4) is 0 Å². The van der Waals surface area contributed by atoms with Crippen LogP contribution in [0.5, 0.6) is 0 Å². The smallest absolute Gasteiger partial charge is 0.101 e. The maximum absolute atomic E-state index is 10.1. The third-order valence-electron chi connectivity index (χ3n) is 4.20. The number of piperidine rings is 1. The summed E-state index contributed by atoms with van der Waals surface area (Å²) in [4.78, 5) is 6.33. The van der Waals surface area contributed by atoms with Gasteiger partial charge < -0.3 is 5.11 Å². The molecule has 1 heterocycles. The lowest BCUT2D eigenvalue weighted by Gasteiger charge is -2.53. The normalized spacial score (nSPS) is 34.1. The summed E-state index contributed by atoms with van der Waals surface area (Å²) >= 11 is 0. The van der Waals surface area contributed by atoms with E-state index in [2.05, 4.69) is 57.1 Å². The summed E-state index contributed by atoms with van der Waals surface area (Å²) < 4.78 is 0. The Balaban J connectivity index is 2.12. The fourth-order valence-corrected chi connectivity index (χ4v) is 3.58. The Morgan fingerprint density at radius 1 is 1.00 bits per heavy atom. The molecule has 1 N–H and O–H groups in total. The molecule has 0 aromatic carbocycles. The van der Waals surface area contributed by atoms with Crippen molar-refractivity contribution in [1.29, 1.82) is 0 Å². The van der Waals surface area contributed by atoms with Gasteiger partial charge in [0.2, 0.25) is 0 Å². The van der Waals surface area contributed by atoms with Crippen LogP contribution in [0.15, 0.2) is 24.3 Å². The van der Waals surface area contributed by atoms with E-state index in [1.807, 2.05) is 0 Å². The number of aliphatic hydroxyl groups is 1. The highest BCUT2D eigenvalue weighted by molar-refractivity contribution is 5.01. The average Bonchev–Trinajstić information content (AvgIpc) is 2.23. The third-order valence-corrected chi connectivity index (χ3v) is 4.20. The highest BCUT2D eigenvalue weighted by Gasteiger charge is 2.46. The molecule has 0 bridgehead atoms. The molecule has 2 rings (SSSR count). The number of nitrogens with zero attached hydrogens (tertiary/aromatic N) is 1. The highest BCUT2D eigenvalue weighted by Crippen LogP contribution is 2.39. The van der Waals surface area contributed by atoms with E-state index >= 15 is 0 Å². The zero-order chi connectivity index (χ0) is 14.8. The quantitative estimate of drug-likeness (QED) is 0.784. The first-order valence-electron chi connectivity index (χ1n) is 7.78. The Kier molecular flexibility index (Phi) is 4.73. The van der Waals surface area contributed by atoms with Gasteiger partial charge >= 0.3 is 0 Å². The molecule has 0 saturated carbocycles. The van der Waals surface area contributed by atoms with Crippen molar-refractivity contribution in [2.24, 2.45) is 0 Å². The summed E-state index contributed by atoms with van der Waals surface area (Å²) in [7, 11) is 0. The van der Waals surface area contributed by atoms with Crippen molar-refractivity contribution in [1.82, 2.24) is 5.06 Å². The minimum absolute atomic E-state index is 0.0975. The Hall–Kier alpha value is -0.640. The van der Waals surface area contributed by atoms with E-state index in [1.54, 1.807) is 0 Å². The Labute approximate surface area is 123 Å². The van der Waals surface area contributed by atoms with Crippen LogP contribution in [0.2, 0.25) is 0 Å². The van der Waals surface area contributed by atoms with Gasteiger partial charge in [-0.05, 0) is 59.8 Å². The predicted molar refractivity (Wildman–Crippen MR) is 82.2 cm³/mol.